The van der Waals surface area contributed by atoms with Crippen molar-refractivity contribution in [3.8, 4) is 0 Å². The van der Waals surface area contributed by atoms with Gasteiger partial charge in [0.2, 0.25) is 0 Å². The molecule has 0 aliphatic carbocycles. The highest BCUT2D eigenvalue weighted by Crippen LogP contribution is 2.35. The lowest BCUT2D eigenvalue weighted by Gasteiger charge is -2.36. The highest BCUT2D eigenvalue weighted by atomic mass is 35.5. The molecule has 0 bridgehead atoms. The average Bonchev–Trinajstić information content (AvgIpc) is 2.77. The first-order valence-electron chi connectivity index (χ1n) is 7.18. The van der Waals surface area contributed by atoms with E-state index in [1.807, 2.05) is 0 Å². The lowest BCUT2D eigenvalue weighted by molar-refractivity contribution is -0.0687. The first kappa shape index (κ1) is 13.9. The number of halogens is 1. The van der Waals surface area contributed by atoms with Gasteiger partial charge in [0.15, 0.2) is 0 Å². The van der Waals surface area contributed by atoms with Crippen molar-refractivity contribution >= 4 is 22.6 Å². The van der Waals surface area contributed by atoms with Crippen LogP contribution < -0.4 is 0 Å². The molecule has 1 aromatic heterocycles. The van der Waals surface area contributed by atoms with Crippen LogP contribution in [0, 0.1) is 6.92 Å². The van der Waals surface area contributed by atoms with Gasteiger partial charge in [-0.2, -0.15) is 0 Å². The quantitative estimate of drug-likeness (QED) is 0.775. The number of aryl methyl sites for hydroxylation is 1. The second kappa shape index (κ2) is 5.05. The number of alkyl halides is 1. The van der Waals surface area contributed by atoms with Gasteiger partial charge in [-0.3, -0.25) is 0 Å². The molecule has 0 amide bonds. The Bertz CT molecular complexity index is 633. The van der Waals surface area contributed by atoms with Gasteiger partial charge in [-0.05, 0) is 45.2 Å². The van der Waals surface area contributed by atoms with Crippen molar-refractivity contribution in [3.63, 3.8) is 0 Å². The number of hydrogen-bond donors (Lipinski definition) is 0. The van der Waals surface area contributed by atoms with Gasteiger partial charge in [-0.15, -0.1) is 11.6 Å². The molecule has 108 valence electrons. The van der Waals surface area contributed by atoms with Crippen LogP contribution in [0.3, 0.4) is 0 Å². The largest absolute Gasteiger partial charge is 0.375 e. The Balaban J connectivity index is 2.12. The van der Waals surface area contributed by atoms with E-state index in [4.69, 9.17) is 21.3 Å². The number of para-hydroxylation sites is 1. The van der Waals surface area contributed by atoms with Gasteiger partial charge in [0.25, 0.3) is 0 Å². The van der Waals surface area contributed by atoms with Gasteiger partial charge >= 0.3 is 0 Å². The average molecular weight is 293 g/mol. The number of fused-ring (bicyclic) bond motifs is 1. The van der Waals surface area contributed by atoms with E-state index in [1.54, 1.807) is 0 Å². The van der Waals surface area contributed by atoms with Gasteiger partial charge in [0, 0.05) is 12.6 Å². The third kappa shape index (κ3) is 2.33. The lowest BCUT2D eigenvalue weighted by Crippen LogP contribution is -2.35. The molecular formula is C16H21ClN2O. The molecule has 1 unspecified atom stereocenters. The SMILES string of the molecule is Cc1cccc2c1nc(CCl)n2C1CCOC(C)(C)C1. The molecule has 0 spiro atoms. The van der Waals surface area contributed by atoms with E-state index in [0.29, 0.717) is 11.9 Å². The van der Waals surface area contributed by atoms with Gasteiger partial charge in [-0.1, -0.05) is 12.1 Å². The molecule has 3 rings (SSSR count). The van der Waals surface area contributed by atoms with E-state index in [1.165, 1.54) is 11.1 Å². The summed E-state index contributed by atoms with van der Waals surface area (Å²) in [5.41, 5.74) is 3.40. The van der Waals surface area contributed by atoms with E-state index in [0.717, 1.165) is 30.8 Å². The Labute approximate surface area is 124 Å². The first-order chi connectivity index (χ1) is 9.52. The van der Waals surface area contributed by atoms with Crippen molar-refractivity contribution in [2.75, 3.05) is 6.61 Å². The maximum atomic E-state index is 6.13. The van der Waals surface area contributed by atoms with Gasteiger partial charge in [-0.25, -0.2) is 4.98 Å². The highest BCUT2D eigenvalue weighted by molar-refractivity contribution is 6.16. The molecule has 1 aliphatic rings. The maximum absolute atomic E-state index is 6.13. The van der Waals surface area contributed by atoms with E-state index < -0.39 is 0 Å². The van der Waals surface area contributed by atoms with Crippen LogP contribution in [0.5, 0.6) is 0 Å². The zero-order valence-electron chi connectivity index (χ0n) is 12.3. The van der Waals surface area contributed by atoms with Crippen molar-refractivity contribution in [1.29, 1.82) is 0 Å². The topological polar surface area (TPSA) is 27.1 Å². The van der Waals surface area contributed by atoms with Gasteiger partial charge < -0.3 is 9.30 Å². The third-order valence-corrected chi connectivity index (χ3v) is 4.39. The summed E-state index contributed by atoms with van der Waals surface area (Å²) in [5, 5.41) is 0. The highest BCUT2D eigenvalue weighted by Gasteiger charge is 2.31. The molecule has 1 aliphatic heterocycles. The summed E-state index contributed by atoms with van der Waals surface area (Å²) in [4.78, 5) is 4.74. The van der Waals surface area contributed by atoms with E-state index in [2.05, 4.69) is 43.5 Å². The number of hydrogen-bond acceptors (Lipinski definition) is 2. The third-order valence-electron chi connectivity index (χ3n) is 4.15. The van der Waals surface area contributed by atoms with Crippen LogP contribution in [0.25, 0.3) is 11.0 Å². The molecule has 0 saturated carbocycles. The monoisotopic (exact) mass is 292 g/mol. The maximum Gasteiger partial charge on any atom is 0.125 e. The van der Waals surface area contributed by atoms with E-state index in [9.17, 15) is 0 Å². The molecule has 3 nitrogen and oxygen atoms in total. The summed E-state index contributed by atoms with van der Waals surface area (Å²) in [6, 6.07) is 6.76. The van der Waals surface area contributed by atoms with Crippen molar-refractivity contribution in [2.24, 2.45) is 0 Å². The molecule has 2 heterocycles. The van der Waals surface area contributed by atoms with Crippen LogP contribution >= 0.6 is 11.6 Å². The molecule has 4 heteroatoms. The number of aromatic nitrogens is 2. The van der Waals surface area contributed by atoms with Crippen molar-refractivity contribution in [1.82, 2.24) is 9.55 Å². The van der Waals surface area contributed by atoms with Crippen molar-refractivity contribution < 1.29 is 4.74 Å². The molecule has 0 radical (unpaired) electrons. The molecule has 1 atom stereocenters. The van der Waals surface area contributed by atoms with Crippen LogP contribution in [0.4, 0.5) is 0 Å². The first-order valence-corrected chi connectivity index (χ1v) is 7.71. The Hall–Kier alpha value is -1.06. The molecule has 2 aromatic rings. The summed E-state index contributed by atoms with van der Waals surface area (Å²) in [6.45, 7) is 7.21. The molecule has 20 heavy (non-hydrogen) atoms. The predicted octanol–water partition coefficient (Wildman–Crippen LogP) is 4.21. The fourth-order valence-corrected chi connectivity index (χ4v) is 3.42. The zero-order chi connectivity index (χ0) is 14.3. The summed E-state index contributed by atoms with van der Waals surface area (Å²) in [6.07, 6.45) is 2.02. The lowest BCUT2D eigenvalue weighted by atomic mass is 9.93. The second-order valence-corrected chi connectivity index (χ2v) is 6.50. The van der Waals surface area contributed by atoms with Crippen LogP contribution in [-0.2, 0) is 10.6 Å². The van der Waals surface area contributed by atoms with Crippen LogP contribution in [-0.4, -0.2) is 21.8 Å². The molecule has 1 fully saturated rings. The Kier molecular flexibility index (Phi) is 3.51. The fourth-order valence-electron chi connectivity index (χ4n) is 3.23. The Morgan fingerprint density at radius 3 is 2.95 bits per heavy atom. The smallest absolute Gasteiger partial charge is 0.125 e. The number of imidazole rings is 1. The van der Waals surface area contributed by atoms with Crippen molar-refractivity contribution in [3.05, 3.63) is 29.6 Å². The molecule has 0 N–H and O–H groups in total. The van der Waals surface area contributed by atoms with E-state index >= 15 is 0 Å². The molecule has 1 aromatic carbocycles. The molecular weight excluding hydrogens is 272 g/mol. The number of rotatable bonds is 2. The Morgan fingerprint density at radius 1 is 1.45 bits per heavy atom. The van der Waals surface area contributed by atoms with Gasteiger partial charge in [0.1, 0.15) is 5.82 Å². The van der Waals surface area contributed by atoms with Crippen molar-refractivity contribution in [2.45, 2.75) is 51.1 Å². The van der Waals surface area contributed by atoms with E-state index in [-0.39, 0.29) is 5.60 Å². The summed E-state index contributed by atoms with van der Waals surface area (Å²) in [5.74, 6) is 1.42. The number of ether oxygens (including phenoxy) is 1. The minimum Gasteiger partial charge on any atom is -0.375 e. The summed E-state index contributed by atoms with van der Waals surface area (Å²) >= 11 is 6.13. The van der Waals surface area contributed by atoms with Crippen LogP contribution in [0.15, 0.2) is 18.2 Å². The zero-order valence-corrected chi connectivity index (χ0v) is 13.1. The summed E-state index contributed by atoms with van der Waals surface area (Å²) < 4.78 is 8.17. The number of nitrogens with zero attached hydrogens (tertiary/aromatic N) is 2. The number of benzene rings is 1. The normalized spacial score (nSPS) is 22.3. The fraction of sp³-hybridized carbons (Fsp3) is 0.562. The van der Waals surface area contributed by atoms with Crippen LogP contribution in [0.2, 0.25) is 0 Å². The summed E-state index contributed by atoms with van der Waals surface area (Å²) in [7, 11) is 0. The standard InChI is InChI=1S/C16H21ClN2O/c1-11-5-4-6-13-15(11)18-14(10-17)19(13)12-7-8-20-16(2,3)9-12/h4-6,12H,7-10H2,1-3H3. The second-order valence-electron chi connectivity index (χ2n) is 6.23. The molecule has 1 saturated heterocycles. The minimum absolute atomic E-state index is 0.0765. The Morgan fingerprint density at radius 2 is 2.25 bits per heavy atom. The van der Waals surface area contributed by atoms with Gasteiger partial charge in [0.05, 0.1) is 22.5 Å². The predicted molar refractivity (Wildman–Crippen MR) is 82.3 cm³/mol. The van der Waals surface area contributed by atoms with Crippen LogP contribution in [0.1, 0.15) is 44.1 Å². The minimum atomic E-state index is -0.0765.